The molecule has 1 saturated heterocycles. The molecule has 8 heteroatoms. The normalized spacial score (nSPS) is 16.2. The van der Waals surface area contributed by atoms with Gasteiger partial charge >= 0.3 is 0 Å². The Kier molecular flexibility index (Phi) is 16.1. The molecule has 0 aromatic heterocycles. The Bertz CT molecular complexity index is 844. The van der Waals surface area contributed by atoms with Gasteiger partial charge in [-0.15, -0.1) is 0 Å². The van der Waals surface area contributed by atoms with Crippen LogP contribution in [0.1, 0.15) is 44.1 Å². The number of amides is 1. The second-order valence-corrected chi connectivity index (χ2v) is 11.4. The number of aliphatic hydroxyl groups is 2. The molecule has 0 saturated carbocycles. The summed E-state index contributed by atoms with van der Waals surface area (Å²) in [5.74, 6) is 1.42. The smallest absolute Gasteiger partial charge is 0.219 e. The second kappa shape index (κ2) is 19.2. The monoisotopic (exact) mass is 531 g/mol. The van der Waals surface area contributed by atoms with Crippen LogP contribution in [0.3, 0.4) is 0 Å². The van der Waals surface area contributed by atoms with E-state index in [0.29, 0.717) is 32.6 Å². The number of anilines is 1. The van der Waals surface area contributed by atoms with Gasteiger partial charge in [-0.2, -0.15) is 0 Å². The van der Waals surface area contributed by atoms with Crippen molar-refractivity contribution in [3.8, 4) is 0 Å². The molecule has 1 fully saturated rings. The molecule has 0 radical (unpaired) electrons. The van der Waals surface area contributed by atoms with Gasteiger partial charge in [0.15, 0.2) is 0 Å². The maximum atomic E-state index is 11.9. The van der Waals surface area contributed by atoms with E-state index in [2.05, 4.69) is 16.9 Å². The lowest BCUT2D eigenvalue weighted by Gasteiger charge is -2.22. The Labute approximate surface area is 224 Å². The molecule has 0 bridgehead atoms. The summed E-state index contributed by atoms with van der Waals surface area (Å²) in [5.41, 5.74) is 2.97. The third-order valence-electron chi connectivity index (χ3n) is 5.77. The van der Waals surface area contributed by atoms with Gasteiger partial charge < -0.3 is 20.4 Å². The second-order valence-electron chi connectivity index (χ2n) is 8.56. The number of nitrogens with one attached hydrogen (secondary N) is 1. The Hall–Kier alpha value is -2.00. The largest absolute Gasteiger partial charge is 0.395 e. The molecule has 0 spiro atoms. The molecule has 2 rings (SSSR count). The van der Waals surface area contributed by atoms with Crippen LogP contribution in [0.5, 0.6) is 0 Å². The molecular weight excluding hydrogens is 490 g/mol. The number of unbranched alkanes of at least 4 members (excludes halogenated alkanes) is 1. The van der Waals surface area contributed by atoms with Crippen LogP contribution in [0.25, 0.3) is 6.08 Å². The predicted octanol–water partition coefficient (Wildman–Crippen LogP) is 4.89. The van der Waals surface area contributed by atoms with Crippen LogP contribution in [0, 0.1) is 0 Å². The van der Waals surface area contributed by atoms with Crippen LogP contribution in [-0.2, 0) is 4.79 Å². The molecule has 6 nitrogen and oxygen atoms in total. The third kappa shape index (κ3) is 12.8. The minimum Gasteiger partial charge on any atom is -0.395 e. The lowest BCUT2D eigenvalue weighted by atomic mass is 10.1. The minimum atomic E-state index is 0.0462. The molecule has 3 N–H and O–H groups in total. The molecular formula is C28H41N3O3S2. The van der Waals surface area contributed by atoms with Crippen LogP contribution in [-0.4, -0.2) is 72.7 Å². The van der Waals surface area contributed by atoms with Crippen molar-refractivity contribution in [1.29, 1.82) is 0 Å². The van der Waals surface area contributed by atoms with E-state index in [-0.39, 0.29) is 19.1 Å². The number of aliphatic imine (C=N–C) groups is 1. The van der Waals surface area contributed by atoms with Gasteiger partial charge in [0, 0.05) is 55.5 Å². The number of carbonyl (C=O) groups is 1. The van der Waals surface area contributed by atoms with Gasteiger partial charge in [-0.05, 0) is 55.0 Å². The van der Waals surface area contributed by atoms with Gasteiger partial charge in [-0.1, -0.05) is 64.9 Å². The number of allylic oxidation sites excluding steroid dienone is 4. The molecule has 36 heavy (non-hydrogen) atoms. The van der Waals surface area contributed by atoms with Crippen LogP contribution < -0.4 is 10.2 Å². The van der Waals surface area contributed by atoms with Crippen LogP contribution in [0.4, 0.5) is 5.69 Å². The fourth-order valence-corrected chi connectivity index (χ4v) is 6.74. The summed E-state index contributed by atoms with van der Waals surface area (Å²) in [7, 11) is 3.98. The van der Waals surface area contributed by atoms with Crippen molar-refractivity contribution in [2.24, 2.45) is 4.99 Å². The summed E-state index contributed by atoms with van der Waals surface area (Å²) in [6.07, 6.45) is 15.6. The first kappa shape index (κ1) is 30.2. The lowest BCUT2D eigenvalue weighted by Crippen LogP contribution is -2.29. The Balaban J connectivity index is 1.63. The molecule has 1 amide bonds. The van der Waals surface area contributed by atoms with E-state index in [4.69, 9.17) is 0 Å². The van der Waals surface area contributed by atoms with Crippen molar-refractivity contribution in [3.05, 3.63) is 60.2 Å². The Morgan fingerprint density at radius 2 is 1.94 bits per heavy atom. The molecule has 1 aliphatic heterocycles. The number of benzene rings is 1. The number of carbonyl (C=O) groups excluding carboxylic acids is 1. The number of hydrogen-bond donors (Lipinski definition) is 3. The lowest BCUT2D eigenvalue weighted by molar-refractivity contribution is -0.121. The van der Waals surface area contributed by atoms with E-state index in [1.807, 2.05) is 69.0 Å². The van der Waals surface area contributed by atoms with Crippen molar-refractivity contribution >= 4 is 45.5 Å². The van der Waals surface area contributed by atoms with Gasteiger partial charge in [0.05, 0.1) is 13.2 Å². The maximum absolute atomic E-state index is 11.9. The number of rotatable bonds is 18. The summed E-state index contributed by atoms with van der Waals surface area (Å²) < 4.78 is 0. The fourth-order valence-electron chi connectivity index (χ4n) is 3.71. The SMILES string of the molecule is C=CC(/C=C/c1ccc(N(CCO)CCO)cc1)=C\C=N\CCCNC(=O)CCCCC1CCSS1. The Morgan fingerprint density at radius 1 is 1.17 bits per heavy atom. The highest BCUT2D eigenvalue weighted by Gasteiger charge is 2.15. The van der Waals surface area contributed by atoms with Crippen LogP contribution in [0.15, 0.2) is 59.6 Å². The zero-order valence-electron chi connectivity index (χ0n) is 21.2. The molecule has 1 aromatic carbocycles. The first-order valence-corrected chi connectivity index (χ1v) is 15.2. The van der Waals surface area contributed by atoms with E-state index in [1.54, 1.807) is 12.3 Å². The molecule has 0 aliphatic carbocycles. The van der Waals surface area contributed by atoms with Crippen molar-refractivity contribution < 1.29 is 15.0 Å². The quantitative estimate of drug-likeness (QED) is 0.108. The van der Waals surface area contributed by atoms with Gasteiger partial charge in [-0.25, -0.2) is 0 Å². The first-order valence-electron chi connectivity index (χ1n) is 12.8. The average molecular weight is 532 g/mol. The van der Waals surface area contributed by atoms with Gasteiger partial charge in [0.25, 0.3) is 0 Å². The zero-order chi connectivity index (χ0) is 25.8. The van der Waals surface area contributed by atoms with E-state index >= 15 is 0 Å². The molecule has 198 valence electrons. The molecule has 1 aromatic rings. The summed E-state index contributed by atoms with van der Waals surface area (Å²) in [4.78, 5) is 18.3. The van der Waals surface area contributed by atoms with Gasteiger partial charge in [-0.3, -0.25) is 9.79 Å². The Morgan fingerprint density at radius 3 is 2.61 bits per heavy atom. The van der Waals surface area contributed by atoms with Crippen molar-refractivity contribution in [2.75, 3.05) is 50.0 Å². The standard InChI is InChI=1S/C28H41N3O3S2/c1-2-24(8-9-25-10-12-26(13-11-25)31(19-21-32)20-22-33)14-18-29-16-5-17-30-28(34)7-4-3-6-27-15-23-35-36-27/h2,8-14,18,27,32-33H,1,3-7,15-17,19-23H2,(H,30,34)/b9-8+,24-14+,29-18+. The van der Waals surface area contributed by atoms with E-state index in [9.17, 15) is 15.0 Å². The average Bonchev–Trinajstić information content (AvgIpc) is 3.42. The maximum Gasteiger partial charge on any atom is 0.219 e. The first-order chi connectivity index (χ1) is 17.7. The van der Waals surface area contributed by atoms with Gasteiger partial charge in [0.2, 0.25) is 5.91 Å². The van der Waals surface area contributed by atoms with Crippen molar-refractivity contribution in [3.63, 3.8) is 0 Å². The molecule has 1 atom stereocenters. The number of hydrogen-bond acceptors (Lipinski definition) is 7. The number of nitrogens with zero attached hydrogens (tertiary/aromatic N) is 2. The van der Waals surface area contributed by atoms with Crippen LogP contribution in [0.2, 0.25) is 0 Å². The summed E-state index contributed by atoms with van der Waals surface area (Å²) in [5, 5.41) is 22.2. The fraction of sp³-hybridized carbons (Fsp3) is 0.500. The highest BCUT2D eigenvalue weighted by molar-refractivity contribution is 8.77. The topological polar surface area (TPSA) is 85.2 Å². The number of aliphatic hydroxyl groups excluding tert-OH is 2. The van der Waals surface area contributed by atoms with E-state index in [0.717, 1.165) is 41.3 Å². The third-order valence-corrected chi connectivity index (χ3v) is 8.77. The van der Waals surface area contributed by atoms with Crippen LogP contribution >= 0.6 is 21.6 Å². The zero-order valence-corrected chi connectivity index (χ0v) is 22.8. The predicted molar refractivity (Wildman–Crippen MR) is 158 cm³/mol. The minimum absolute atomic E-state index is 0.0462. The van der Waals surface area contributed by atoms with Crippen molar-refractivity contribution in [1.82, 2.24) is 5.32 Å². The molecule has 1 aliphatic rings. The molecule has 1 unspecified atom stereocenters. The van der Waals surface area contributed by atoms with Gasteiger partial charge in [0.1, 0.15) is 0 Å². The van der Waals surface area contributed by atoms with E-state index < -0.39 is 0 Å². The summed E-state index contributed by atoms with van der Waals surface area (Å²) in [6.45, 7) is 6.27. The van der Waals surface area contributed by atoms with E-state index in [1.165, 1.54) is 18.6 Å². The summed E-state index contributed by atoms with van der Waals surface area (Å²) >= 11 is 0. The summed E-state index contributed by atoms with van der Waals surface area (Å²) in [6, 6.07) is 7.98. The highest BCUT2D eigenvalue weighted by Crippen LogP contribution is 2.39. The molecule has 1 heterocycles. The van der Waals surface area contributed by atoms with Crippen molar-refractivity contribution in [2.45, 2.75) is 43.8 Å². The highest BCUT2D eigenvalue weighted by atomic mass is 33.1.